The third-order valence-corrected chi connectivity index (χ3v) is 2.65. The van der Waals surface area contributed by atoms with Crippen molar-refractivity contribution in [1.29, 1.82) is 0 Å². The van der Waals surface area contributed by atoms with Crippen LogP contribution in [0.15, 0.2) is 23.1 Å². The number of nitrogens with two attached hydrogens (primary N) is 2. The standard InChI is InChI=1S/C9H14N2OS/c1-12-8-6-7(11)2-3-9(8)13-5-4-10/h2-3,6H,4-5,10-11H2,1H3. The van der Waals surface area contributed by atoms with Gasteiger partial charge in [0, 0.05) is 28.9 Å². The van der Waals surface area contributed by atoms with Gasteiger partial charge in [0.05, 0.1) is 7.11 Å². The van der Waals surface area contributed by atoms with Gasteiger partial charge in [0.25, 0.3) is 0 Å². The molecule has 0 amide bonds. The molecule has 0 spiro atoms. The van der Waals surface area contributed by atoms with Crippen molar-refractivity contribution in [2.24, 2.45) is 5.73 Å². The second-order valence-corrected chi connectivity index (χ2v) is 3.68. The number of rotatable bonds is 4. The fraction of sp³-hybridized carbons (Fsp3) is 0.333. The van der Waals surface area contributed by atoms with Crippen molar-refractivity contribution in [1.82, 2.24) is 0 Å². The number of anilines is 1. The van der Waals surface area contributed by atoms with Crippen LogP contribution in [-0.4, -0.2) is 19.4 Å². The minimum absolute atomic E-state index is 0.665. The summed E-state index contributed by atoms with van der Waals surface area (Å²) in [5, 5.41) is 0. The molecule has 4 heteroatoms. The predicted molar refractivity (Wildman–Crippen MR) is 57.2 cm³/mol. The summed E-state index contributed by atoms with van der Waals surface area (Å²) in [6.07, 6.45) is 0. The Morgan fingerprint density at radius 1 is 1.46 bits per heavy atom. The van der Waals surface area contributed by atoms with Gasteiger partial charge in [0.2, 0.25) is 0 Å². The second kappa shape index (κ2) is 4.99. The first-order valence-electron chi connectivity index (χ1n) is 4.04. The van der Waals surface area contributed by atoms with Crippen LogP contribution < -0.4 is 16.2 Å². The first-order chi connectivity index (χ1) is 6.27. The highest BCUT2D eigenvalue weighted by atomic mass is 32.2. The molecule has 0 heterocycles. The van der Waals surface area contributed by atoms with Crippen LogP contribution in [-0.2, 0) is 0 Å². The van der Waals surface area contributed by atoms with Crippen LogP contribution in [0.5, 0.6) is 5.75 Å². The van der Waals surface area contributed by atoms with Crippen molar-refractivity contribution >= 4 is 17.4 Å². The fourth-order valence-corrected chi connectivity index (χ4v) is 1.76. The zero-order chi connectivity index (χ0) is 9.68. The van der Waals surface area contributed by atoms with Crippen LogP contribution in [0, 0.1) is 0 Å². The summed E-state index contributed by atoms with van der Waals surface area (Å²) in [4.78, 5) is 1.09. The first kappa shape index (κ1) is 10.2. The Morgan fingerprint density at radius 3 is 2.85 bits per heavy atom. The van der Waals surface area contributed by atoms with Gasteiger partial charge in [-0.05, 0) is 12.1 Å². The number of methoxy groups -OCH3 is 1. The van der Waals surface area contributed by atoms with Gasteiger partial charge in [0.15, 0.2) is 0 Å². The number of benzene rings is 1. The number of nitrogen functional groups attached to an aromatic ring is 1. The molecule has 0 radical (unpaired) electrons. The summed E-state index contributed by atoms with van der Waals surface area (Å²) < 4.78 is 5.18. The average molecular weight is 198 g/mol. The number of hydrogen-bond donors (Lipinski definition) is 2. The quantitative estimate of drug-likeness (QED) is 0.566. The molecule has 0 saturated heterocycles. The Labute approximate surface area is 82.4 Å². The zero-order valence-electron chi connectivity index (χ0n) is 7.62. The van der Waals surface area contributed by atoms with Gasteiger partial charge in [-0.3, -0.25) is 0 Å². The molecule has 0 bridgehead atoms. The van der Waals surface area contributed by atoms with Crippen LogP contribution in [0.2, 0.25) is 0 Å². The van der Waals surface area contributed by atoms with Crippen molar-refractivity contribution in [3.05, 3.63) is 18.2 Å². The maximum atomic E-state index is 5.62. The van der Waals surface area contributed by atoms with E-state index >= 15 is 0 Å². The third kappa shape index (κ3) is 2.82. The molecule has 0 aliphatic carbocycles. The van der Waals surface area contributed by atoms with Crippen molar-refractivity contribution in [2.75, 3.05) is 25.1 Å². The summed E-state index contributed by atoms with van der Waals surface area (Å²) in [6.45, 7) is 0.665. The van der Waals surface area contributed by atoms with E-state index in [4.69, 9.17) is 16.2 Å². The van der Waals surface area contributed by atoms with Crippen molar-refractivity contribution in [2.45, 2.75) is 4.90 Å². The lowest BCUT2D eigenvalue weighted by Gasteiger charge is -2.07. The molecule has 1 rings (SSSR count). The molecular weight excluding hydrogens is 184 g/mol. The molecule has 0 aliphatic rings. The van der Waals surface area contributed by atoms with Gasteiger partial charge in [-0.25, -0.2) is 0 Å². The highest BCUT2D eigenvalue weighted by molar-refractivity contribution is 7.99. The monoisotopic (exact) mass is 198 g/mol. The Kier molecular flexibility index (Phi) is 3.92. The van der Waals surface area contributed by atoms with Crippen molar-refractivity contribution < 1.29 is 4.74 Å². The van der Waals surface area contributed by atoms with E-state index in [1.165, 1.54) is 0 Å². The van der Waals surface area contributed by atoms with E-state index < -0.39 is 0 Å². The van der Waals surface area contributed by atoms with Crippen LogP contribution in [0.1, 0.15) is 0 Å². The smallest absolute Gasteiger partial charge is 0.134 e. The molecule has 0 unspecified atom stereocenters. The first-order valence-corrected chi connectivity index (χ1v) is 5.03. The van der Waals surface area contributed by atoms with Crippen LogP contribution in [0.25, 0.3) is 0 Å². The second-order valence-electron chi connectivity index (χ2n) is 2.55. The van der Waals surface area contributed by atoms with Crippen molar-refractivity contribution in [3.8, 4) is 5.75 Å². The molecular formula is C9H14N2OS. The maximum Gasteiger partial charge on any atom is 0.134 e. The largest absolute Gasteiger partial charge is 0.496 e. The molecule has 0 fully saturated rings. The minimum Gasteiger partial charge on any atom is -0.496 e. The normalized spacial score (nSPS) is 10.0. The lowest BCUT2D eigenvalue weighted by molar-refractivity contribution is 0.405. The molecule has 1 aromatic rings. The summed E-state index contributed by atoms with van der Waals surface area (Å²) in [5.74, 6) is 1.71. The summed E-state index contributed by atoms with van der Waals surface area (Å²) in [7, 11) is 1.64. The minimum atomic E-state index is 0.665. The van der Waals surface area contributed by atoms with E-state index in [2.05, 4.69) is 0 Å². The van der Waals surface area contributed by atoms with E-state index in [0.717, 1.165) is 16.4 Å². The fourth-order valence-electron chi connectivity index (χ4n) is 0.972. The molecule has 72 valence electrons. The van der Waals surface area contributed by atoms with Gasteiger partial charge in [0.1, 0.15) is 5.75 Å². The van der Waals surface area contributed by atoms with Gasteiger partial charge >= 0.3 is 0 Å². The molecule has 4 N–H and O–H groups in total. The number of ether oxygens (including phenoxy) is 1. The Bertz CT molecular complexity index is 278. The lowest BCUT2D eigenvalue weighted by atomic mass is 10.3. The lowest BCUT2D eigenvalue weighted by Crippen LogP contribution is -2.01. The maximum absolute atomic E-state index is 5.62. The summed E-state index contributed by atoms with van der Waals surface area (Å²) >= 11 is 1.67. The highest BCUT2D eigenvalue weighted by Crippen LogP contribution is 2.30. The highest BCUT2D eigenvalue weighted by Gasteiger charge is 2.02. The molecule has 1 aromatic carbocycles. The van der Waals surface area contributed by atoms with Crippen molar-refractivity contribution in [3.63, 3.8) is 0 Å². The molecule has 0 aromatic heterocycles. The topological polar surface area (TPSA) is 61.3 Å². The molecule has 0 saturated carbocycles. The van der Waals surface area contributed by atoms with Gasteiger partial charge in [-0.15, -0.1) is 11.8 Å². The molecule has 3 nitrogen and oxygen atoms in total. The molecule has 0 aliphatic heterocycles. The Morgan fingerprint density at radius 2 is 2.23 bits per heavy atom. The van der Waals surface area contributed by atoms with Crippen LogP contribution >= 0.6 is 11.8 Å². The summed E-state index contributed by atoms with van der Waals surface area (Å²) in [6, 6.07) is 5.63. The van der Waals surface area contributed by atoms with Gasteiger partial charge in [-0.2, -0.15) is 0 Å². The number of thioether (sulfide) groups is 1. The predicted octanol–water partition coefficient (Wildman–Crippen LogP) is 1.33. The van der Waals surface area contributed by atoms with E-state index in [1.54, 1.807) is 18.9 Å². The van der Waals surface area contributed by atoms with Crippen LogP contribution in [0.4, 0.5) is 5.69 Å². The summed E-state index contributed by atoms with van der Waals surface area (Å²) in [5.41, 5.74) is 11.7. The van der Waals surface area contributed by atoms with Gasteiger partial charge in [-0.1, -0.05) is 0 Å². The van der Waals surface area contributed by atoms with E-state index in [0.29, 0.717) is 12.2 Å². The molecule has 0 atom stereocenters. The number of hydrogen-bond acceptors (Lipinski definition) is 4. The van der Waals surface area contributed by atoms with Gasteiger partial charge < -0.3 is 16.2 Å². The molecule has 13 heavy (non-hydrogen) atoms. The average Bonchev–Trinajstić information content (AvgIpc) is 2.16. The SMILES string of the molecule is COc1cc(N)ccc1SCCN. The third-order valence-electron chi connectivity index (χ3n) is 1.56. The van der Waals surface area contributed by atoms with E-state index in [1.807, 2.05) is 18.2 Å². The van der Waals surface area contributed by atoms with E-state index in [-0.39, 0.29) is 0 Å². The Balaban J connectivity index is 2.79. The van der Waals surface area contributed by atoms with E-state index in [9.17, 15) is 0 Å². The Hall–Kier alpha value is -0.870. The zero-order valence-corrected chi connectivity index (χ0v) is 8.43. The van der Waals surface area contributed by atoms with Crippen LogP contribution in [0.3, 0.4) is 0 Å².